The molecule has 3 aliphatic rings. The molecule has 4 rings (SSSR count). The van der Waals surface area contributed by atoms with Crippen LogP contribution in [0.4, 0.5) is 4.79 Å². The van der Waals surface area contributed by atoms with Crippen molar-refractivity contribution in [2.75, 3.05) is 0 Å². The second-order valence-corrected chi connectivity index (χ2v) is 6.43. The lowest BCUT2D eigenvalue weighted by atomic mass is 9.84. The van der Waals surface area contributed by atoms with Crippen molar-refractivity contribution in [3.63, 3.8) is 0 Å². The molecule has 2 aliphatic carbocycles. The van der Waals surface area contributed by atoms with E-state index in [1.807, 2.05) is 25.1 Å². The molecule has 0 radical (unpaired) electrons. The van der Waals surface area contributed by atoms with Crippen molar-refractivity contribution in [2.45, 2.75) is 31.7 Å². The summed E-state index contributed by atoms with van der Waals surface area (Å²) in [5.74, 6) is 12.1. The van der Waals surface area contributed by atoms with Gasteiger partial charge < -0.3 is 5.32 Å². The number of carbonyl (C=O) groups excluding carboxylic acids is 2. The van der Waals surface area contributed by atoms with E-state index in [0.717, 1.165) is 23.1 Å². The number of hydrazine groups is 1. The molecule has 5 heteroatoms. The van der Waals surface area contributed by atoms with E-state index in [9.17, 15) is 9.59 Å². The Balaban J connectivity index is 1.81. The first-order valence-corrected chi connectivity index (χ1v) is 7.58. The average molecular weight is 295 g/mol. The van der Waals surface area contributed by atoms with Crippen LogP contribution >= 0.6 is 0 Å². The molecule has 2 atom stereocenters. The first kappa shape index (κ1) is 13.4. The fourth-order valence-electron chi connectivity index (χ4n) is 3.44. The van der Waals surface area contributed by atoms with Crippen LogP contribution in [0.2, 0.25) is 0 Å². The lowest BCUT2D eigenvalue weighted by Crippen LogP contribution is -2.47. The summed E-state index contributed by atoms with van der Waals surface area (Å²) in [6.07, 6.45) is 3.09. The minimum Gasteiger partial charge on any atom is -0.318 e. The van der Waals surface area contributed by atoms with Gasteiger partial charge in [0, 0.05) is 11.5 Å². The molecule has 0 aromatic heterocycles. The summed E-state index contributed by atoms with van der Waals surface area (Å²) >= 11 is 0. The Hall–Kier alpha value is -2.32. The molecule has 5 nitrogen and oxygen atoms in total. The van der Waals surface area contributed by atoms with Crippen LogP contribution in [-0.2, 0) is 16.8 Å². The summed E-state index contributed by atoms with van der Waals surface area (Å²) in [6, 6.07) is 5.39. The number of carbonyl (C=O) groups is 2. The maximum Gasteiger partial charge on any atom is 0.339 e. The first-order chi connectivity index (χ1) is 10.5. The van der Waals surface area contributed by atoms with Gasteiger partial charge in [0.2, 0.25) is 0 Å². The number of nitrogens with zero attached hydrogens (tertiary/aromatic N) is 1. The van der Waals surface area contributed by atoms with Gasteiger partial charge in [-0.2, -0.15) is 5.01 Å². The first-order valence-electron chi connectivity index (χ1n) is 7.58. The number of imide groups is 1. The number of nitrogens with one attached hydrogen (secondary N) is 1. The minimum absolute atomic E-state index is 0.0286. The fourth-order valence-corrected chi connectivity index (χ4v) is 3.44. The van der Waals surface area contributed by atoms with Gasteiger partial charge >= 0.3 is 6.03 Å². The largest absolute Gasteiger partial charge is 0.339 e. The van der Waals surface area contributed by atoms with E-state index in [-0.39, 0.29) is 11.8 Å². The molecule has 1 aromatic carbocycles. The van der Waals surface area contributed by atoms with Crippen LogP contribution in [0, 0.1) is 23.7 Å². The van der Waals surface area contributed by atoms with Gasteiger partial charge in [0.25, 0.3) is 5.91 Å². The Morgan fingerprint density at radius 1 is 1.36 bits per heavy atom. The third kappa shape index (κ3) is 1.71. The molecule has 1 aromatic rings. The lowest BCUT2D eigenvalue weighted by Gasteiger charge is -2.26. The highest BCUT2D eigenvalue weighted by atomic mass is 16.2. The van der Waals surface area contributed by atoms with E-state index in [1.54, 1.807) is 0 Å². The number of benzene rings is 1. The zero-order valence-electron chi connectivity index (χ0n) is 12.3. The average Bonchev–Trinajstić information content (AvgIpc) is 3.25. The Kier molecular flexibility index (Phi) is 2.63. The zero-order chi connectivity index (χ0) is 15.5. The summed E-state index contributed by atoms with van der Waals surface area (Å²) in [7, 11) is 0. The molecule has 1 saturated carbocycles. The minimum atomic E-state index is -1.03. The summed E-state index contributed by atoms with van der Waals surface area (Å²) in [5, 5.41) is 3.49. The van der Waals surface area contributed by atoms with Crippen LogP contribution < -0.4 is 11.2 Å². The van der Waals surface area contributed by atoms with E-state index in [2.05, 4.69) is 17.2 Å². The fraction of sp³-hybridized carbons (Fsp3) is 0.412. The third-order valence-electron chi connectivity index (χ3n) is 4.88. The van der Waals surface area contributed by atoms with Gasteiger partial charge in [-0.15, -0.1) is 0 Å². The summed E-state index contributed by atoms with van der Waals surface area (Å²) in [6.45, 7) is 1.97. The van der Waals surface area contributed by atoms with Crippen LogP contribution in [0.25, 0.3) is 0 Å². The van der Waals surface area contributed by atoms with E-state index in [0.29, 0.717) is 10.9 Å². The monoisotopic (exact) mass is 295 g/mol. The van der Waals surface area contributed by atoms with E-state index in [4.69, 9.17) is 5.84 Å². The molecule has 3 N–H and O–H groups in total. The van der Waals surface area contributed by atoms with Gasteiger partial charge in [0.1, 0.15) is 0 Å². The van der Waals surface area contributed by atoms with Crippen molar-refractivity contribution in [2.24, 2.45) is 17.7 Å². The molecular formula is C17H17N3O2. The second kappa shape index (κ2) is 4.34. The van der Waals surface area contributed by atoms with Gasteiger partial charge in [-0.25, -0.2) is 10.6 Å². The van der Waals surface area contributed by atoms with Gasteiger partial charge in [-0.05, 0) is 48.4 Å². The topological polar surface area (TPSA) is 75.4 Å². The molecular weight excluding hydrogens is 278 g/mol. The molecule has 1 aliphatic heterocycles. The van der Waals surface area contributed by atoms with Gasteiger partial charge in [0.15, 0.2) is 5.54 Å². The second-order valence-electron chi connectivity index (χ2n) is 6.43. The smallest absolute Gasteiger partial charge is 0.318 e. The Bertz CT molecular complexity index is 757. The van der Waals surface area contributed by atoms with Crippen LogP contribution in [0.5, 0.6) is 0 Å². The lowest BCUT2D eigenvalue weighted by molar-refractivity contribution is -0.133. The normalized spacial score (nSPS) is 29.4. The highest BCUT2D eigenvalue weighted by Gasteiger charge is 2.58. The van der Waals surface area contributed by atoms with Crippen LogP contribution in [0.15, 0.2) is 18.2 Å². The number of hydrogen-bond acceptors (Lipinski definition) is 3. The molecule has 0 bridgehead atoms. The van der Waals surface area contributed by atoms with Crippen molar-refractivity contribution >= 4 is 11.9 Å². The molecule has 1 spiro atoms. The van der Waals surface area contributed by atoms with E-state index >= 15 is 0 Å². The number of fused-ring (bicyclic) bond motifs is 2. The molecule has 1 heterocycles. The van der Waals surface area contributed by atoms with Gasteiger partial charge in [0.05, 0.1) is 0 Å². The number of nitrogens with two attached hydrogens (primary N) is 1. The predicted molar refractivity (Wildman–Crippen MR) is 80.2 cm³/mol. The summed E-state index contributed by atoms with van der Waals surface area (Å²) in [4.78, 5) is 24.4. The predicted octanol–water partition coefficient (Wildman–Crippen LogP) is 1.26. The number of rotatable bonds is 0. The van der Waals surface area contributed by atoms with Crippen molar-refractivity contribution in [1.29, 1.82) is 0 Å². The Labute approximate surface area is 128 Å². The molecule has 2 unspecified atom stereocenters. The molecule has 2 fully saturated rings. The zero-order valence-corrected chi connectivity index (χ0v) is 12.3. The van der Waals surface area contributed by atoms with Gasteiger partial charge in [-0.3, -0.25) is 4.79 Å². The Morgan fingerprint density at radius 3 is 2.77 bits per heavy atom. The van der Waals surface area contributed by atoms with Crippen LogP contribution in [0.1, 0.15) is 36.5 Å². The molecule has 22 heavy (non-hydrogen) atoms. The third-order valence-corrected chi connectivity index (χ3v) is 4.88. The van der Waals surface area contributed by atoms with Crippen molar-refractivity contribution in [3.05, 3.63) is 34.9 Å². The molecule has 1 saturated heterocycles. The molecule has 3 amide bonds. The maximum atomic E-state index is 12.6. The van der Waals surface area contributed by atoms with Crippen LogP contribution in [0.3, 0.4) is 0 Å². The van der Waals surface area contributed by atoms with Crippen molar-refractivity contribution < 1.29 is 9.59 Å². The van der Waals surface area contributed by atoms with E-state index < -0.39 is 11.6 Å². The SMILES string of the molecule is CC1Cc2ccc(C#CC3CC3)cc2C12NC(=O)N(N)C2=O. The van der Waals surface area contributed by atoms with Crippen molar-refractivity contribution in [1.82, 2.24) is 10.3 Å². The highest BCUT2D eigenvalue weighted by Crippen LogP contribution is 2.45. The number of urea groups is 1. The summed E-state index contributed by atoms with van der Waals surface area (Å²) < 4.78 is 0. The number of amides is 3. The summed E-state index contributed by atoms with van der Waals surface area (Å²) in [5.41, 5.74) is 1.78. The standard InChI is InChI=1S/C17H17N3O2/c1-10-8-13-7-6-12(5-4-11-2-3-11)9-14(13)17(10)15(21)20(18)16(22)19-17/h6-7,9-11H,2-3,8,18H2,1H3,(H,19,22). The van der Waals surface area contributed by atoms with Crippen molar-refractivity contribution in [3.8, 4) is 11.8 Å². The maximum absolute atomic E-state index is 12.6. The molecule has 112 valence electrons. The quantitative estimate of drug-likeness (QED) is 0.327. The van der Waals surface area contributed by atoms with Gasteiger partial charge in [-0.1, -0.05) is 24.8 Å². The highest BCUT2D eigenvalue weighted by molar-refractivity contribution is 6.07. The number of hydrogen-bond donors (Lipinski definition) is 2. The van der Waals surface area contributed by atoms with E-state index in [1.165, 1.54) is 12.8 Å². The Morgan fingerprint density at radius 2 is 2.14 bits per heavy atom. The van der Waals surface area contributed by atoms with Crippen LogP contribution in [-0.4, -0.2) is 16.9 Å².